The van der Waals surface area contributed by atoms with Gasteiger partial charge in [0.25, 0.3) is 0 Å². The zero-order valence-corrected chi connectivity index (χ0v) is 21.9. The SMILES string of the molecule is CCC1C(=O)C(C)(C)[C@@H](O)CC(=O)O[C@H](C(F)=Cc2ccccn2)CC2OC2(C)CCCC(C)C1O. The Morgan fingerprint density at radius 3 is 2.61 bits per heavy atom. The Hall–Kier alpha value is -2.16. The number of Topliss-reactive ketones (excluding diaryl/α,β-unsaturated/α-hetero) is 1. The molecular formula is C28H40FNO6. The zero-order valence-electron chi connectivity index (χ0n) is 21.9. The van der Waals surface area contributed by atoms with Gasteiger partial charge >= 0.3 is 5.97 Å². The third-order valence-corrected chi connectivity index (χ3v) is 7.95. The molecule has 0 spiro atoms. The normalized spacial score (nSPS) is 36.6. The number of nitrogens with zero attached hydrogens (tertiary/aromatic N) is 1. The number of ketones is 1. The topological polar surface area (TPSA) is 109 Å². The van der Waals surface area contributed by atoms with Crippen LogP contribution in [0.2, 0.25) is 0 Å². The highest BCUT2D eigenvalue weighted by Crippen LogP contribution is 2.45. The van der Waals surface area contributed by atoms with E-state index in [4.69, 9.17) is 9.47 Å². The molecule has 1 aromatic heterocycles. The van der Waals surface area contributed by atoms with Crippen molar-refractivity contribution < 1.29 is 33.7 Å². The predicted octanol–water partition coefficient (Wildman–Crippen LogP) is 4.40. The number of aliphatic hydroxyl groups is 2. The molecule has 3 heterocycles. The lowest BCUT2D eigenvalue weighted by molar-refractivity contribution is -0.155. The van der Waals surface area contributed by atoms with Crippen LogP contribution in [0.25, 0.3) is 6.08 Å². The maximum Gasteiger partial charge on any atom is 0.309 e. The molecule has 0 bridgehead atoms. The van der Waals surface area contributed by atoms with Crippen molar-refractivity contribution in [1.29, 1.82) is 0 Å². The fourth-order valence-corrected chi connectivity index (χ4v) is 5.10. The molecule has 7 atom stereocenters. The number of pyridine rings is 1. The number of halogens is 1. The molecule has 3 rings (SSSR count). The third kappa shape index (κ3) is 6.58. The van der Waals surface area contributed by atoms with Crippen LogP contribution in [0.15, 0.2) is 30.2 Å². The van der Waals surface area contributed by atoms with Gasteiger partial charge in [-0.2, -0.15) is 0 Å². The van der Waals surface area contributed by atoms with Gasteiger partial charge < -0.3 is 19.7 Å². The van der Waals surface area contributed by atoms with E-state index in [1.165, 1.54) is 6.08 Å². The van der Waals surface area contributed by atoms with Crippen LogP contribution in [0.4, 0.5) is 4.39 Å². The summed E-state index contributed by atoms with van der Waals surface area (Å²) < 4.78 is 26.7. The third-order valence-electron chi connectivity index (χ3n) is 7.95. The summed E-state index contributed by atoms with van der Waals surface area (Å²) in [6.45, 7) is 8.84. The van der Waals surface area contributed by atoms with Crippen LogP contribution < -0.4 is 0 Å². The molecule has 36 heavy (non-hydrogen) atoms. The number of fused-ring (bicyclic) bond motifs is 1. The van der Waals surface area contributed by atoms with Crippen molar-refractivity contribution in [3.8, 4) is 0 Å². The van der Waals surface area contributed by atoms with Gasteiger partial charge in [-0.3, -0.25) is 14.6 Å². The molecular weight excluding hydrogens is 465 g/mol. The second-order valence-electron chi connectivity index (χ2n) is 11.1. The molecule has 1 aromatic rings. The van der Waals surface area contributed by atoms with E-state index in [0.717, 1.165) is 6.42 Å². The van der Waals surface area contributed by atoms with Crippen molar-refractivity contribution in [3.05, 3.63) is 35.9 Å². The first-order chi connectivity index (χ1) is 16.9. The van der Waals surface area contributed by atoms with Crippen LogP contribution >= 0.6 is 0 Å². The fourth-order valence-electron chi connectivity index (χ4n) is 5.10. The van der Waals surface area contributed by atoms with Gasteiger partial charge in [-0.25, -0.2) is 4.39 Å². The second kappa shape index (κ2) is 11.5. The highest BCUT2D eigenvalue weighted by atomic mass is 19.1. The lowest BCUT2D eigenvalue weighted by atomic mass is 9.71. The molecule has 0 aliphatic carbocycles. The van der Waals surface area contributed by atoms with E-state index in [1.807, 2.05) is 20.8 Å². The van der Waals surface area contributed by atoms with Gasteiger partial charge in [-0.05, 0) is 50.3 Å². The fraction of sp³-hybridized carbons (Fsp3) is 0.679. The van der Waals surface area contributed by atoms with Gasteiger partial charge in [-0.15, -0.1) is 0 Å². The van der Waals surface area contributed by atoms with Crippen LogP contribution in [0.5, 0.6) is 0 Å². The van der Waals surface area contributed by atoms with Crippen LogP contribution in [0.1, 0.15) is 78.8 Å². The lowest BCUT2D eigenvalue weighted by Gasteiger charge is -2.35. The number of carbonyl (C=O) groups is 2. The molecule has 0 amide bonds. The summed E-state index contributed by atoms with van der Waals surface area (Å²) in [6, 6.07) is 5.10. The first-order valence-electron chi connectivity index (χ1n) is 12.9. The number of aliphatic hydroxyl groups excluding tert-OH is 2. The monoisotopic (exact) mass is 505 g/mol. The van der Waals surface area contributed by atoms with Crippen molar-refractivity contribution >= 4 is 17.8 Å². The van der Waals surface area contributed by atoms with E-state index in [9.17, 15) is 19.8 Å². The maximum atomic E-state index is 15.3. The first-order valence-corrected chi connectivity index (χ1v) is 12.9. The van der Waals surface area contributed by atoms with Gasteiger partial charge in [0.05, 0.1) is 41.4 Å². The van der Waals surface area contributed by atoms with E-state index in [-0.39, 0.29) is 24.2 Å². The molecule has 2 aliphatic rings. The van der Waals surface area contributed by atoms with Gasteiger partial charge in [0.2, 0.25) is 0 Å². The zero-order chi connectivity index (χ0) is 26.7. The van der Waals surface area contributed by atoms with Gasteiger partial charge in [0.15, 0.2) is 6.10 Å². The first kappa shape index (κ1) is 28.4. The van der Waals surface area contributed by atoms with E-state index < -0.39 is 53.5 Å². The molecule has 0 saturated carbocycles. The van der Waals surface area contributed by atoms with Crippen molar-refractivity contribution in [2.45, 2.75) is 103 Å². The Balaban J connectivity index is 1.87. The Labute approximate surface area is 213 Å². The maximum absolute atomic E-state index is 15.3. The molecule has 2 aliphatic heterocycles. The molecule has 2 saturated heterocycles. The number of epoxide rings is 1. The molecule has 5 unspecified atom stereocenters. The highest BCUT2D eigenvalue weighted by Gasteiger charge is 2.53. The summed E-state index contributed by atoms with van der Waals surface area (Å²) in [7, 11) is 0. The number of hydrogen-bond acceptors (Lipinski definition) is 7. The minimum absolute atomic E-state index is 0.128. The Morgan fingerprint density at radius 1 is 1.25 bits per heavy atom. The van der Waals surface area contributed by atoms with Crippen LogP contribution in [-0.2, 0) is 19.1 Å². The minimum atomic E-state index is -1.35. The van der Waals surface area contributed by atoms with E-state index >= 15 is 4.39 Å². The van der Waals surface area contributed by atoms with Crippen molar-refractivity contribution in [2.24, 2.45) is 17.3 Å². The number of esters is 1. The Morgan fingerprint density at radius 2 is 1.97 bits per heavy atom. The molecule has 7 nitrogen and oxygen atoms in total. The van der Waals surface area contributed by atoms with Crippen molar-refractivity contribution in [1.82, 2.24) is 4.98 Å². The van der Waals surface area contributed by atoms with E-state index in [0.29, 0.717) is 25.0 Å². The molecule has 2 fully saturated rings. The molecule has 0 radical (unpaired) electrons. The number of cyclic esters (lactones) is 1. The number of hydrogen-bond donors (Lipinski definition) is 2. The Kier molecular flexibility index (Phi) is 9.06. The van der Waals surface area contributed by atoms with E-state index in [2.05, 4.69) is 4.98 Å². The minimum Gasteiger partial charge on any atom is -0.455 e. The standard InChI is InChI=1S/C28H40FNO6/c1-6-19-25(33)17(2)10-9-12-28(5)23(36-28)15-21(20(29)14-18-11-7-8-13-30-18)35-24(32)16-22(31)27(3,4)26(19)34/h7-8,11,13-14,17,19,21-23,25,31,33H,6,9-10,12,15-16H2,1-5H3/t17?,19?,21-,22-,23?,25?,28?/m0/s1. The summed E-state index contributed by atoms with van der Waals surface area (Å²) in [4.78, 5) is 30.3. The molecule has 2 N–H and O–H groups in total. The number of aromatic nitrogens is 1. The summed E-state index contributed by atoms with van der Waals surface area (Å²) in [6.07, 6.45) is 1.31. The van der Waals surface area contributed by atoms with E-state index in [1.54, 1.807) is 38.2 Å². The predicted molar refractivity (Wildman–Crippen MR) is 133 cm³/mol. The average Bonchev–Trinajstić information content (AvgIpc) is 3.47. The van der Waals surface area contributed by atoms with Gasteiger partial charge in [0, 0.05) is 18.5 Å². The number of rotatable bonds is 3. The smallest absolute Gasteiger partial charge is 0.309 e. The van der Waals surface area contributed by atoms with Crippen LogP contribution in [0, 0.1) is 17.3 Å². The Bertz CT molecular complexity index is 951. The van der Waals surface area contributed by atoms with Crippen LogP contribution in [-0.4, -0.2) is 57.0 Å². The number of carbonyl (C=O) groups excluding carboxylic acids is 2. The summed E-state index contributed by atoms with van der Waals surface area (Å²) >= 11 is 0. The second-order valence-corrected chi connectivity index (χ2v) is 11.1. The molecule has 200 valence electrons. The van der Waals surface area contributed by atoms with Gasteiger partial charge in [0.1, 0.15) is 11.6 Å². The molecule has 0 aromatic carbocycles. The average molecular weight is 506 g/mol. The summed E-state index contributed by atoms with van der Waals surface area (Å²) in [5.41, 5.74) is -1.38. The quantitative estimate of drug-likeness (QED) is 0.463. The van der Waals surface area contributed by atoms with Crippen LogP contribution in [0.3, 0.4) is 0 Å². The summed E-state index contributed by atoms with van der Waals surface area (Å²) in [5, 5.41) is 21.8. The highest BCUT2D eigenvalue weighted by molar-refractivity contribution is 5.88. The largest absolute Gasteiger partial charge is 0.455 e. The number of ether oxygens (including phenoxy) is 2. The van der Waals surface area contributed by atoms with Crippen molar-refractivity contribution in [3.63, 3.8) is 0 Å². The van der Waals surface area contributed by atoms with Crippen molar-refractivity contribution in [2.75, 3.05) is 0 Å². The van der Waals surface area contributed by atoms with Gasteiger partial charge in [-0.1, -0.05) is 40.2 Å². The summed E-state index contributed by atoms with van der Waals surface area (Å²) in [5.74, 6) is -2.56. The lowest BCUT2D eigenvalue weighted by Crippen LogP contribution is -2.46. The molecule has 8 heteroatoms.